The summed E-state index contributed by atoms with van der Waals surface area (Å²) >= 11 is 1.33. The predicted molar refractivity (Wildman–Crippen MR) is 105 cm³/mol. The number of amides is 1. The molecular formula is C21H18FNO3S. The van der Waals surface area contributed by atoms with E-state index in [4.69, 9.17) is 4.74 Å². The number of hydrogen-bond acceptors (Lipinski definition) is 4. The number of methoxy groups -OCH3 is 1. The quantitative estimate of drug-likeness (QED) is 0.642. The molecule has 0 saturated heterocycles. The zero-order valence-electron chi connectivity index (χ0n) is 14.9. The summed E-state index contributed by atoms with van der Waals surface area (Å²) in [5.74, 6) is -1.14. The van der Waals surface area contributed by atoms with Crippen LogP contribution < -0.4 is 5.32 Å². The van der Waals surface area contributed by atoms with Gasteiger partial charge >= 0.3 is 5.97 Å². The fraction of sp³-hybridized carbons (Fsp3) is 0.143. The first-order valence-corrected chi connectivity index (χ1v) is 9.12. The van der Waals surface area contributed by atoms with Gasteiger partial charge in [0.05, 0.1) is 13.5 Å². The maximum atomic E-state index is 13.0. The average molecular weight is 383 g/mol. The van der Waals surface area contributed by atoms with E-state index in [-0.39, 0.29) is 18.1 Å². The standard InChI is InChI=1S/C21H18FNO3S/c1-13-18(15-6-4-3-5-7-15)19(21(25)26-2)20(27-13)23-17(24)12-14-8-10-16(22)11-9-14/h3-11H,12H2,1-2H3,(H,23,24). The third-order valence-corrected chi connectivity index (χ3v) is 5.09. The maximum Gasteiger partial charge on any atom is 0.341 e. The largest absolute Gasteiger partial charge is 0.465 e. The second kappa shape index (κ2) is 8.14. The SMILES string of the molecule is COC(=O)c1c(NC(=O)Cc2ccc(F)cc2)sc(C)c1-c1ccccc1. The van der Waals surface area contributed by atoms with Crippen molar-refractivity contribution in [3.63, 3.8) is 0 Å². The summed E-state index contributed by atoms with van der Waals surface area (Å²) in [7, 11) is 1.31. The molecule has 2 aromatic carbocycles. The summed E-state index contributed by atoms with van der Waals surface area (Å²) in [6.07, 6.45) is 0.0819. The lowest BCUT2D eigenvalue weighted by molar-refractivity contribution is -0.115. The van der Waals surface area contributed by atoms with Crippen molar-refractivity contribution in [2.24, 2.45) is 0 Å². The first-order chi connectivity index (χ1) is 13.0. The Morgan fingerprint density at radius 1 is 1.07 bits per heavy atom. The van der Waals surface area contributed by atoms with Crippen LogP contribution in [0.2, 0.25) is 0 Å². The number of benzene rings is 2. The molecular weight excluding hydrogens is 365 g/mol. The molecule has 1 heterocycles. The number of ether oxygens (including phenoxy) is 1. The van der Waals surface area contributed by atoms with Gasteiger partial charge in [-0.3, -0.25) is 4.79 Å². The van der Waals surface area contributed by atoms with Crippen LogP contribution in [0.25, 0.3) is 11.1 Å². The number of nitrogens with one attached hydrogen (secondary N) is 1. The predicted octanol–water partition coefficient (Wildman–Crippen LogP) is 4.83. The summed E-state index contributed by atoms with van der Waals surface area (Å²) in [4.78, 5) is 25.7. The number of carbonyl (C=O) groups is 2. The van der Waals surface area contributed by atoms with E-state index in [0.29, 0.717) is 16.1 Å². The third kappa shape index (κ3) is 4.23. The van der Waals surface area contributed by atoms with E-state index >= 15 is 0 Å². The smallest absolute Gasteiger partial charge is 0.341 e. The van der Waals surface area contributed by atoms with Gasteiger partial charge in [0.25, 0.3) is 0 Å². The molecule has 0 radical (unpaired) electrons. The Balaban J connectivity index is 1.92. The number of rotatable bonds is 5. The Morgan fingerprint density at radius 2 is 1.74 bits per heavy atom. The lowest BCUT2D eigenvalue weighted by atomic mass is 10.0. The molecule has 1 N–H and O–H groups in total. The van der Waals surface area contributed by atoms with Gasteiger partial charge in [-0.05, 0) is 30.2 Å². The minimum Gasteiger partial charge on any atom is -0.465 e. The van der Waals surface area contributed by atoms with E-state index in [9.17, 15) is 14.0 Å². The molecule has 0 bridgehead atoms. The van der Waals surface area contributed by atoms with Crippen molar-refractivity contribution >= 4 is 28.2 Å². The highest BCUT2D eigenvalue weighted by molar-refractivity contribution is 7.17. The Kier molecular flexibility index (Phi) is 5.66. The van der Waals surface area contributed by atoms with Crippen LogP contribution in [0.4, 0.5) is 9.39 Å². The Morgan fingerprint density at radius 3 is 2.37 bits per heavy atom. The summed E-state index contributed by atoms with van der Waals surface area (Å²) < 4.78 is 18.0. The van der Waals surface area contributed by atoms with E-state index in [1.165, 1.54) is 30.6 Å². The van der Waals surface area contributed by atoms with E-state index in [2.05, 4.69) is 5.32 Å². The number of anilines is 1. The molecule has 1 aromatic heterocycles. The highest BCUT2D eigenvalue weighted by atomic mass is 32.1. The highest BCUT2D eigenvalue weighted by Gasteiger charge is 2.25. The fourth-order valence-corrected chi connectivity index (χ4v) is 3.92. The molecule has 0 unspecified atom stereocenters. The zero-order chi connectivity index (χ0) is 19.4. The van der Waals surface area contributed by atoms with Gasteiger partial charge in [-0.25, -0.2) is 9.18 Å². The average Bonchev–Trinajstić information content (AvgIpc) is 2.99. The lowest BCUT2D eigenvalue weighted by Gasteiger charge is -2.08. The second-order valence-electron chi connectivity index (χ2n) is 5.95. The first kappa shape index (κ1) is 18.8. The zero-order valence-corrected chi connectivity index (χ0v) is 15.7. The van der Waals surface area contributed by atoms with Gasteiger partial charge in [-0.15, -0.1) is 11.3 Å². The van der Waals surface area contributed by atoms with E-state index in [1.54, 1.807) is 12.1 Å². The molecule has 0 fully saturated rings. The summed E-state index contributed by atoms with van der Waals surface area (Å²) in [5, 5.41) is 3.25. The summed E-state index contributed by atoms with van der Waals surface area (Å²) in [6.45, 7) is 1.90. The maximum absolute atomic E-state index is 13.0. The number of hydrogen-bond donors (Lipinski definition) is 1. The van der Waals surface area contributed by atoms with Crippen molar-refractivity contribution in [1.82, 2.24) is 0 Å². The van der Waals surface area contributed by atoms with E-state index < -0.39 is 5.97 Å². The van der Waals surface area contributed by atoms with Gasteiger partial charge < -0.3 is 10.1 Å². The number of aryl methyl sites for hydroxylation is 1. The highest BCUT2D eigenvalue weighted by Crippen LogP contribution is 2.40. The lowest BCUT2D eigenvalue weighted by Crippen LogP contribution is -2.16. The van der Waals surface area contributed by atoms with Crippen molar-refractivity contribution in [2.45, 2.75) is 13.3 Å². The second-order valence-corrected chi connectivity index (χ2v) is 7.17. The monoisotopic (exact) mass is 383 g/mol. The topological polar surface area (TPSA) is 55.4 Å². The molecule has 138 valence electrons. The molecule has 0 atom stereocenters. The summed E-state index contributed by atoms with van der Waals surface area (Å²) in [5.41, 5.74) is 2.67. The van der Waals surface area contributed by atoms with Crippen LogP contribution in [0, 0.1) is 12.7 Å². The Bertz CT molecular complexity index is 965. The molecule has 0 spiro atoms. The molecule has 1 amide bonds. The van der Waals surface area contributed by atoms with Crippen molar-refractivity contribution in [3.05, 3.63) is 76.4 Å². The van der Waals surface area contributed by atoms with Crippen molar-refractivity contribution in [1.29, 1.82) is 0 Å². The van der Waals surface area contributed by atoms with Crippen LogP contribution in [0.1, 0.15) is 20.8 Å². The van der Waals surface area contributed by atoms with Gasteiger partial charge in [0.2, 0.25) is 5.91 Å². The normalized spacial score (nSPS) is 10.5. The Hall–Kier alpha value is -2.99. The van der Waals surface area contributed by atoms with Crippen LogP contribution in [0.3, 0.4) is 0 Å². The molecule has 3 aromatic rings. The van der Waals surface area contributed by atoms with Gasteiger partial charge in [0.15, 0.2) is 0 Å². The van der Waals surface area contributed by atoms with Crippen LogP contribution in [0.5, 0.6) is 0 Å². The van der Waals surface area contributed by atoms with Gasteiger partial charge in [0.1, 0.15) is 16.4 Å². The molecule has 0 aliphatic rings. The van der Waals surface area contributed by atoms with Crippen LogP contribution in [0.15, 0.2) is 54.6 Å². The number of thiophene rings is 1. The minimum absolute atomic E-state index is 0.0819. The summed E-state index contributed by atoms with van der Waals surface area (Å²) in [6, 6.07) is 15.2. The number of carbonyl (C=O) groups excluding carboxylic acids is 2. The Labute approximate surface area is 160 Å². The third-order valence-electron chi connectivity index (χ3n) is 4.07. The fourth-order valence-electron chi connectivity index (χ4n) is 2.84. The number of esters is 1. The van der Waals surface area contributed by atoms with E-state index in [0.717, 1.165) is 16.0 Å². The van der Waals surface area contributed by atoms with Crippen LogP contribution in [-0.2, 0) is 16.0 Å². The van der Waals surface area contributed by atoms with Gasteiger partial charge in [0, 0.05) is 10.4 Å². The first-order valence-electron chi connectivity index (χ1n) is 8.31. The van der Waals surface area contributed by atoms with Gasteiger partial charge in [-0.2, -0.15) is 0 Å². The number of halogens is 1. The van der Waals surface area contributed by atoms with Crippen molar-refractivity contribution < 1.29 is 18.7 Å². The molecule has 3 rings (SSSR count). The van der Waals surface area contributed by atoms with Crippen LogP contribution >= 0.6 is 11.3 Å². The molecule has 27 heavy (non-hydrogen) atoms. The molecule has 4 nitrogen and oxygen atoms in total. The minimum atomic E-state index is -0.504. The molecule has 6 heteroatoms. The molecule has 0 aliphatic heterocycles. The molecule has 0 aliphatic carbocycles. The van der Waals surface area contributed by atoms with Crippen molar-refractivity contribution in [2.75, 3.05) is 12.4 Å². The van der Waals surface area contributed by atoms with Crippen molar-refractivity contribution in [3.8, 4) is 11.1 Å². The van der Waals surface area contributed by atoms with Gasteiger partial charge in [-0.1, -0.05) is 42.5 Å². The molecule has 0 saturated carbocycles. The van der Waals surface area contributed by atoms with Crippen LogP contribution in [-0.4, -0.2) is 19.0 Å². The van der Waals surface area contributed by atoms with E-state index in [1.807, 2.05) is 37.3 Å².